The minimum absolute atomic E-state index is 0.427. The van der Waals surface area contributed by atoms with Crippen LogP contribution < -0.4 is 0 Å². The molecule has 0 heterocycles. The number of aliphatic hydroxyl groups excluding tert-OH is 1. The van der Waals surface area contributed by atoms with Crippen molar-refractivity contribution in [2.75, 3.05) is 0 Å². The highest BCUT2D eigenvalue weighted by Gasteiger charge is 2.30. The monoisotopic (exact) mass is 386 g/mol. The molecule has 3 aromatic rings. The third kappa shape index (κ3) is 3.79. The van der Waals surface area contributed by atoms with Gasteiger partial charge in [0.2, 0.25) is 0 Å². The first-order valence-electron chi connectivity index (χ1n) is 8.28. The molecule has 0 aliphatic heterocycles. The Morgan fingerprint density at radius 2 is 1.36 bits per heavy atom. The second-order valence-electron chi connectivity index (χ2n) is 6.00. The van der Waals surface area contributed by atoms with Gasteiger partial charge in [0.15, 0.2) is 35.3 Å². The van der Waals surface area contributed by atoms with Crippen molar-refractivity contribution in [1.29, 1.82) is 0 Å². The summed E-state index contributed by atoms with van der Waals surface area (Å²) in [6.45, 7) is 0. The Bertz CT molecular complexity index is 938. The Balaban J connectivity index is 1.93. The average Bonchev–Trinajstić information content (AvgIpc) is 2.73. The van der Waals surface area contributed by atoms with Crippen molar-refractivity contribution in [1.82, 2.24) is 0 Å². The number of rotatable bonds is 5. The normalized spacial score (nSPS) is 12.0. The molecule has 0 bridgehead atoms. The number of phenolic OH excluding ortho intramolecular Hbond substituents is 2. The molecular formula is C21H16F2O5. The smallest absolute Gasteiger partial charge is 0.340 e. The molecular weight excluding hydrogens is 370 g/mol. The van der Waals surface area contributed by atoms with Crippen molar-refractivity contribution < 1.29 is 33.6 Å². The van der Waals surface area contributed by atoms with E-state index in [0.717, 1.165) is 0 Å². The van der Waals surface area contributed by atoms with E-state index < -0.39 is 46.9 Å². The van der Waals surface area contributed by atoms with Crippen LogP contribution in [-0.4, -0.2) is 21.3 Å². The first kappa shape index (κ1) is 19.3. The maximum absolute atomic E-state index is 14.1. The van der Waals surface area contributed by atoms with E-state index in [1.54, 1.807) is 60.7 Å². The van der Waals surface area contributed by atoms with Gasteiger partial charge in [-0.15, -0.1) is 0 Å². The van der Waals surface area contributed by atoms with Crippen LogP contribution in [0.15, 0.2) is 66.7 Å². The third-order valence-electron chi connectivity index (χ3n) is 4.15. The molecule has 0 radical (unpaired) electrons. The number of hydrogen-bond donors (Lipinski definition) is 3. The first-order chi connectivity index (χ1) is 13.4. The predicted octanol–water partition coefficient (Wildman–Crippen LogP) is 3.74. The molecule has 28 heavy (non-hydrogen) atoms. The number of aromatic hydroxyl groups is 2. The van der Waals surface area contributed by atoms with Crippen LogP contribution in [-0.2, 0) is 9.53 Å². The molecule has 1 atom stereocenters. The zero-order valence-electron chi connectivity index (χ0n) is 14.4. The Kier molecular flexibility index (Phi) is 5.56. The minimum atomic E-state index is -2.21. The number of benzene rings is 3. The van der Waals surface area contributed by atoms with E-state index in [1.165, 1.54) is 0 Å². The standard InChI is InChI=1S/C21H16F2O5/c22-15-11-14(16(23)19(26)18(15)25)17(24)21(27)28-20(12-7-3-1-4-8-12)13-9-5-2-6-10-13/h1-11,17,20,24-26H. The SMILES string of the molecule is O=C(OC(c1ccccc1)c1ccccc1)C(O)c1cc(F)c(O)c(O)c1F. The van der Waals surface area contributed by atoms with E-state index >= 15 is 0 Å². The predicted molar refractivity (Wildman–Crippen MR) is 95.5 cm³/mol. The number of hydrogen-bond acceptors (Lipinski definition) is 5. The van der Waals surface area contributed by atoms with Crippen LogP contribution in [0.5, 0.6) is 11.5 Å². The topological polar surface area (TPSA) is 87.0 Å². The molecule has 0 saturated carbocycles. The second-order valence-corrected chi connectivity index (χ2v) is 6.00. The number of esters is 1. The summed E-state index contributed by atoms with van der Waals surface area (Å²) in [5, 5.41) is 28.8. The van der Waals surface area contributed by atoms with Crippen molar-refractivity contribution in [3.05, 3.63) is 95.1 Å². The zero-order chi connectivity index (χ0) is 20.3. The Morgan fingerprint density at radius 3 is 1.86 bits per heavy atom. The molecule has 0 saturated heterocycles. The molecule has 0 aliphatic carbocycles. The Labute approximate surface area is 159 Å². The van der Waals surface area contributed by atoms with Crippen LogP contribution in [0.25, 0.3) is 0 Å². The summed E-state index contributed by atoms with van der Waals surface area (Å²) >= 11 is 0. The molecule has 1 unspecified atom stereocenters. The fourth-order valence-electron chi connectivity index (χ4n) is 2.71. The fourth-order valence-corrected chi connectivity index (χ4v) is 2.71. The summed E-state index contributed by atoms with van der Waals surface area (Å²) in [5.41, 5.74) is 0.363. The fraction of sp³-hybridized carbons (Fsp3) is 0.0952. The first-order valence-corrected chi connectivity index (χ1v) is 8.28. The molecule has 0 fully saturated rings. The van der Waals surface area contributed by atoms with Gasteiger partial charge in [-0.3, -0.25) is 0 Å². The number of carbonyl (C=O) groups is 1. The average molecular weight is 386 g/mol. The number of carbonyl (C=O) groups excluding carboxylic acids is 1. The van der Waals surface area contributed by atoms with E-state index in [4.69, 9.17) is 4.74 Å². The van der Waals surface area contributed by atoms with E-state index in [1.807, 2.05) is 0 Å². The number of aliphatic hydroxyl groups is 1. The van der Waals surface area contributed by atoms with E-state index in [9.17, 15) is 28.9 Å². The molecule has 5 nitrogen and oxygen atoms in total. The lowest BCUT2D eigenvalue weighted by Gasteiger charge is -2.21. The summed E-state index contributed by atoms with van der Waals surface area (Å²) in [6.07, 6.45) is -3.11. The lowest BCUT2D eigenvalue weighted by atomic mass is 10.0. The summed E-state index contributed by atoms with van der Waals surface area (Å²) in [7, 11) is 0. The van der Waals surface area contributed by atoms with Crippen LogP contribution in [0.2, 0.25) is 0 Å². The Morgan fingerprint density at radius 1 is 0.857 bits per heavy atom. The number of ether oxygens (including phenoxy) is 1. The number of phenols is 2. The van der Waals surface area contributed by atoms with Gasteiger partial charge in [0.05, 0.1) is 0 Å². The molecule has 3 N–H and O–H groups in total. The van der Waals surface area contributed by atoms with Crippen molar-refractivity contribution in [2.45, 2.75) is 12.2 Å². The van der Waals surface area contributed by atoms with Crippen LogP contribution in [0.3, 0.4) is 0 Å². The molecule has 0 spiro atoms. The summed E-state index contributed by atoms with van der Waals surface area (Å²) in [4.78, 5) is 12.5. The lowest BCUT2D eigenvalue weighted by Crippen LogP contribution is -2.20. The Hall–Kier alpha value is -3.45. The van der Waals surface area contributed by atoms with Crippen molar-refractivity contribution in [3.8, 4) is 11.5 Å². The molecule has 0 aliphatic rings. The van der Waals surface area contributed by atoms with E-state index in [2.05, 4.69) is 0 Å². The maximum atomic E-state index is 14.1. The molecule has 144 valence electrons. The van der Waals surface area contributed by atoms with Gasteiger partial charge in [-0.05, 0) is 17.2 Å². The maximum Gasteiger partial charge on any atom is 0.340 e. The molecule has 0 aromatic heterocycles. The van der Waals surface area contributed by atoms with Crippen molar-refractivity contribution >= 4 is 5.97 Å². The van der Waals surface area contributed by atoms with Gasteiger partial charge < -0.3 is 20.1 Å². The van der Waals surface area contributed by atoms with Gasteiger partial charge >= 0.3 is 5.97 Å². The highest BCUT2D eigenvalue weighted by Crippen LogP contribution is 2.36. The molecule has 7 heteroatoms. The van der Waals surface area contributed by atoms with Gasteiger partial charge in [0.1, 0.15) is 0 Å². The van der Waals surface area contributed by atoms with Crippen LogP contribution in [0.1, 0.15) is 28.9 Å². The van der Waals surface area contributed by atoms with Crippen molar-refractivity contribution in [3.63, 3.8) is 0 Å². The number of halogens is 2. The van der Waals surface area contributed by atoms with Crippen LogP contribution in [0.4, 0.5) is 8.78 Å². The molecule has 3 aromatic carbocycles. The van der Waals surface area contributed by atoms with Gasteiger partial charge in [-0.2, -0.15) is 0 Å². The van der Waals surface area contributed by atoms with Gasteiger partial charge in [-0.25, -0.2) is 13.6 Å². The second kappa shape index (κ2) is 8.06. The van der Waals surface area contributed by atoms with E-state index in [-0.39, 0.29) is 0 Å². The van der Waals surface area contributed by atoms with Crippen molar-refractivity contribution in [2.24, 2.45) is 0 Å². The van der Waals surface area contributed by atoms with Crippen LogP contribution >= 0.6 is 0 Å². The van der Waals surface area contributed by atoms with Gasteiger partial charge in [-0.1, -0.05) is 60.7 Å². The minimum Gasteiger partial charge on any atom is -0.502 e. The summed E-state index contributed by atoms with van der Waals surface area (Å²) in [5.74, 6) is -6.86. The van der Waals surface area contributed by atoms with E-state index in [0.29, 0.717) is 17.2 Å². The molecule has 3 rings (SSSR count). The quantitative estimate of drug-likeness (QED) is 0.459. The lowest BCUT2D eigenvalue weighted by molar-refractivity contribution is -0.158. The highest BCUT2D eigenvalue weighted by molar-refractivity contribution is 5.77. The van der Waals surface area contributed by atoms with Crippen LogP contribution in [0, 0.1) is 11.6 Å². The zero-order valence-corrected chi connectivity index (χ0v) is 14.4. The summed E-state index contributed by atoms with van der Waals surface area (Å²) in [6, 6.07) is 17.8. The largest absolute Gasteiger partial charge is 0.502 e. The van der Waals surface area contributed by atoms with Gasteiger partial charge in [0.25, 0.3) is 0 Å². The summed E-state index contributed by atoms with van der Waals surface area (Å²) < 4.78 is 33.1. The molecule has 0 amide bonds. The third-order valence-corrected chi connectivity index (χ3v) is 4.15. The highest BCUT2D eigenvalue weighted by atomic mass is 19.1. The van der Waals surface area contributed by atoms with Gasteiger partial charge in [0, 0.05) is 5.56 Å².